The zero-order valence-electron chi connectivity index (χ0n) is 1.55. The topological polar surface area (TPSA) is 23.8 Å². The summed E-state index contributed by atoms with van der Waals surface area (Å²) in [5, 5.41) is 6.25. The van der Waals surface area contributed by atoms with E-state index < -0.39 is 0 Å². The molecule has 0 aromatic carbocycles. The molecule has 0 atom stereocenters. The summed E-state index contributed by atoms with van der Waals surface area (Å²) in [7, 11) is 0. The molecule has 1 radical (unpaired) electrons. The van der Waals surface area contributed by atoms with Gasteiger partial charge in [0.25, 0.3) is 0 Å². The molecule has 0 fully saturated rings. The summed E-state index contributed by atoms with van der Waals surface area (Å²) in [6.45, 7) is 4.75. The molecule has 0 rings (SSSR count). The SMILES string of the molecule is [C-]#N.[Cu+].[Cu]. The van der Waals surface area contributed by atoms with Crippen molar-refractivity contribution in [2.45, 2.75) is 0 Å². The Morgan fingerprint density at radius 2 is 1.25 bits per heavy atom. The molecular formula is CCu2N. The standard InChI is InChI=1S/CN.2Cu/c1-2;;/q-1;;+1. The second kappa shape index (κ2) is 80.7. The molecule has 0 aromatic heterocycles. The fourth-order valence-electron chi connectivity index (χ4n) is 0. The first kappa shape index (κ1) is 24.1. The van der Waals surface area contributed by atoms with E-state index in [1.54, 1.807) is 0 Å². The number of hydrogen-bond acceptors (Lipinski definition) is 1. The van der Waals surface area contributed by atoms with Crippen molar-refractivity contribution in [2.75, 3.05) is 0 Å². The first-order valence-corrected chi connectivity index (χ1v) is 0.224. The summed E-state index contributed by atoms with van der Waals surface area (Å²) in [5.74, 6) is 0. The Morgan fingerprint density at radius 1 is 1.25 bits per heavy atom. The van der Waals surface area contributed by atoms with E-state index >= 15 is 0 Å². The first-order valence-electron chi connectivity index (χ1n) is 0.224. The van der Waals surface area contributed by atoms with E-state index in [0.29, 0.717) is 0 Å². The molecule has 0 bridgehead atoms. The number of hydrogen-bond donors (Lipinski definition) is 0. The van der Waals surface area contributed by atoms with Crippen LogP contribution in [-0.2, 0) is 34.1 Å². The van der Waals surface area contributed by atoms with E-state index in [9.17, 15) is 0 Å². The summed E-state index contributed by atoms with van der Waals surface area (Å²) >= 11 is 0. The van der Waals surface area contributed by atoms with E-state index in [0.717, 1.165) is 0 Å². The monoisotopic (exact) mass is 152 g/mol. The zero-order valence-corrected chi connectivity index (χ0v) is 3.43. The van der Waals surface area contributed by atoms with Gasteiger partial charge in [0.05, 0.1) is 0 Å². The molecule has 0 aliphatic rings. The maximum absolute atomic E-state index is 6.25. The molecule has 0 saturated carbocycles. The van der Waals surface area contributed by atoms with Crippen molar-refractivity contribution in [1.29, 1.82) is 5.26 Å². The predicted octanol–water partition coefficient (Wildman–Crippen LogP) is 0.0914. The molecule has 0 amide bonds. The molecular weight excluding hydrogens is 153 g/mol. The Balaban J connectivity index is -0.00000000500. The van der Waals surface area contributed by atoms with Gasteiger partial charge in [0.1, 0.15) is 0 Å². The molecule has 0 aliphatic heterocycles. The van der Waals surface area contributed by atoms with Gasteiger partial charge in [-0.15, -0.1) is 0 Å². The third-order valence-electron chi connectivity index (χ3n) is 0. The third-order valence-corrected chi connectivity index (χ3v) is 0. The van der Waals surface area contributed by atoms with Gasteiger partial charge in [0, 0.05) is 17.1 Å². The van der Waals surface area contributed by atoms with Crippen LogP contribution >= 0.6 is 0 Å². The van der Waals surface area contributed by atoms with Gasteiger partial charge in [-0.25, -0.2) is 0 Å². The van der Waals surface area contributed by atoms with Crippen LogP contribution in [0.15, 0.2) is 0 Å². The Morgan fingerprint density at radius 3 is 1.25 bits per heavy atom. The normalized spacial score (nSPS) is 0.500. The maximum Gasteiger partial charge on any atom is 1.00 e. The molecule has 31 valence electrons. The molecule has 0 heterocycles. The van der Waals surface area contributed by atoms with Crippen molar-refractivity contribution >= 4 is 0 Å². The Hall–Kier alpha value is 0.529. The van der Waals surface area contributed by atoms with Crippen LogP contribution in [-0.4, -0.2) is 0 Å². The molecule has 0 unspecified atom stereocenters. The predicted molar refractivity (Wildman–Crippen MR) is 4.97 cm³/mol. The van der Waals surface area contributed by atoms with E-state index in [1.165, 1.54) is 0 Å². The van der Waals surface area contributed by atoms with E-state index in [4.69, 9.17) is 11.8 Å². The van der Waals surface area contributed by atoms with Crippen LogP contribution < -0.4 is 0 Å². The third kappa shape index (κ3) is 21.1. The molecule has 0 aromatic rings. The number of nitrogens with zero attached hydrogens (tertiary/aromatic N) is 1. The molecule has 4 heavy (non-hydrogen) atoms. The van der Waals surface area contributed by atoms with Crippen LogP contribution in [0, 0.1) is 11.8 Å². The van der Waals surface area contributed by atoms with E-state index in [1.807, 2.05) is 0 Å². The second-order valence-corrected chi connectivity index (χ2v) is 0. The van der Waals surface area contributed by atoms with Gasteiger partial charge in [-0.05, 0) is 0 Å². The van der Waals surface area contributed by atoms with E-state index in [2.05, 4.69) is 0 Å². The largest absolute Gasteiger partial charge is 1.00 e. The Bertz CT molecular complexity index is 10.8. The van der Waals surface area contributed by atoms with Crippen LogP contribution in [0.3, 0.4) is 0 Å². The number of rotatable bonds is 0. The molecule has 0 saturated heterocycles. The molecule has 3 heteroatoms. The minimum Gasteiger partial charge on any atom is -0.512 e. The molecule has 0 spiro atoms. The Kier molecular flexibility index (Phi) is 487. The maximum atomic E-state index is 6.25. The van der Waals surface area contributed by atoms with Crippen LogP contribution in [0.2, 0.25) is 0 Å². The minimum absolute atomic E-state index is 0. The summed E-state index contributed by atoms with van der Waals surface area (Å²) in [5.41, 5.74) is 0. The van der Waals surface area contributed by atoms with Gasteiger partial charge in [-0.1, -0.05) is 0 Å². The van der Waals surface area contributed by atoms with Crippen molar-refractivity contribution in [1.82, 2.24) is 0 Å². The summed E-state index contributed by atoms with van der Waals surface area (Å²) < 4.78 is 0. The van der Waals surface area contributed by atoms with Crippen LogP contribution in [0.25, 0.3) is 0 Å². The summed E-state index contributed by atoms with van der Waals surface area (Å²) in [6, 6.07) is 0. The summed E-state index contributed by atoms with van der Waals surface area (Å²) in [6.07, 6.45) is 0. The van der Waals surface area contributed by atoms with Crippen LogP contribution in [0.4, 0.5) is 0 Å². The van der Waals surface area contributed by atoms with Gasteiger partial charge in [0.15, 0.2) is 0 Å². The van der Waals surface area contributed by atoms with Crippen LogP contribution in [0.1, 0.15) is 0 Å². The fourth-order valence-corrected chi connectivity index (χ4v) is 0. The average Bonchev–Trinajstić information content (AvgIpc) is 1.00. The van der Waals surface area contributed by atoms with Crippen molar-refractivity contribution < 1.29 is 34.1 Å². The first-order chi connectivity index (χ1) is 1.00. The van der Waals surface area contributed by atoms with Gasteiger partial charge in [-0.2, -0.15) is 0 Å². The zero-order chi connectivity index (χ0) is 2.00. The van der Waals surface area contributed by atoms with Crippen LogP contribution in [0.5, 0.6) is 0 Å². The van der Waals surface area contributed by atoms with Crippen molar-refractivity contribution in [3.63, 3.8) is 0 Å². The van der Waals surface area contributed by atoms with Gasteiger partial charge >= 0.3 is 17.1 Å². The average molecular weight is 153 g/mol. The quantitative estimate of drug-likeness (QED) is 0.357. The molecule has 0 N–H and O–H groups in total. The smallest absolute Gasteiger partial charge is 0.512 e. The van der Waals surface area contributed by atoms with Gasteiger partial charge in [0.2, 0.25) is 0 Å². The molecule has 1 nitrogen and oxygen atoms in total. The van der Waals surface area contributed by atoms with Gasteiger partial charge in [-0.3, -0.25) is 0 Å². The summed E-state index contributed by atoms with van der Waals surface area (Å²) in [4.78, 5) is 0. The Labute approximate surface area is 46.3 Å². The fraction of sp³-hybridized carbons (Fsp3) is 0. The van der Waals surface area contributed by atoms with Gasteiger partial charge < -0.3 is 11.8 Å². The van der Waals surface area contributed by atoms with Crippen molar-refractivity contribution in [3.8, 4) is 0 Å². The van der Waals surface area contributed by atoms with E-state index in [-0.39, 0.29) is 34.1 Å². The minimum atomic E-state index is 0. The second-order valence-electron chi connectivity index (χ2n) is 0. The molecule has 0 aliphatic carbocycles. The van der Waals surface area contributed by atoms with Crippen molar-refractivity contribution in [2.24, 2.45) is 0 Å². The van der Waals surface area contributed by atoms with Crippen molar-refractivity contribution in [3.05, 3.63) is 6.57 Å².